The molecule has 2 aromatic heterocycles. The molecule has 2 aromatic rings. The predicted molar refractivity (Wildman–Crippen MR) is 60.7 cm³/mol. The first-order chi connectivity index (χ1) is 7.15. The summed E-state index contributed by atoms with van der Waals surface area (Å²) in [6.07, 6.45) is 5.55. The maximum Gasteiger partial charge on any atom is 0.124 e. The fraction of sp³-hybridized carbons (Fsp3) is 0.200. The molecule has 78 valence electrons. The lowest BCUT2D eigenvalue weighted by molar-refractivity contribution is 0.766. The number of hydrogen-bond acceptors (Lipinski definition) is 4. The molecule has 0 spiro atoms. The summed E-state index contributed by atoms with van der Waals surface area (Å²) < 4.78 is 1.76. The Morgan fingerprint density at radius 1 is 1.40 bits per heavy atom. The van der Waals surface area contributed by atoms with E-state index in [2.05, 4.69) is 10.1 Å². The summed E-state index contributed by atoms with van der Waals surface area (Å²) in [6.45, 7) is 1.97. The molecule has 0 atom stereocenters. The van der Waals surface area contributed by atoms with Crippen molar-refractivity contribution in [2.45, 2.75) is 16.8 Å². The third kappa shape index (κ3) is 2.30. The van der Waals surface area contributed by atoms with Gasteiger partial charge in [0.15, 0.2) is 0 Å². The van der Waals surface area contributed by atoms with E-state index in [9.17, 15) is 0 Å². The Morgan fingerprint density at radius 3 is 2.80 bits per heavy atom. The minimum absolute atomic E-state index is 0.712. The highest BCUT2D eigenvalue weighted by atomic mass is 32.2. The smallest absolute Gasteiger partial charge is 0.124 e. The van der Waals surface area contributed by atoms with Crippen molar-refractivity contribution < 1.29 is 0 Å². The highest BCUT2D eigenvalue weighted by Crippen LogP contribution is 2.29. The zero-order valence-electron chi connectivity index (χ0n) is 8.64. The van der Waals surface area contributed by atoms with Crippen molar-refractivity contribution in [3.8, 4) is 0 Å². The second-order valence-corrected chi connectivity index (χ2v) is 4.42. The molecule has 2 N–H and O–H groups in total. The van der Waals surface area contributed by atoms with Crippen LogP contribution in [0.4, 0.5) is 5.69 Å². The summed E-state index contributed by atoms with van der Waals surface area (Å²) in [5.41, 5.74) is 7.65. The van der Waals surface area contributed by atoms with E-state index in [-0.39, 0.29) is 0 Å². The number of hydrogen-bond donors (Lipinski definition) is 1. The zero-order chi connectivity index (χ0) is 10.8. The molecule has 0 aliphatic heterocycles. The van der Waals surface area contributed by atoms with Crippen molar-refractivity contribution in [1.29, 1.82) is 0 Å². The molecular weight excluding hydrogens is 208 g/mol. The van der Waals surface area contributed by atoms with E-state index in [0.29, 0.717) is 5.69 Å². The van der Waals surface area contributed by atoms with Crippen LogP contribution in [0.15, 0.2) is 34.6 Å². The molecule has 0 bridgehead atoms. The fourth-order valence-electron chi connectivity index (χ4n) is 1.23. The first-order valence-corrected chi connectivity index (χ1v) is 5.35. The van der Waals surface area contributed by atoms with E-state index >= 15 is 0 Å². The molecule has 2 heterocycles. The average Bonchev–Trinajstić information content (AvgIpc) is 2.56. The van der Waals surface area contributed by atoms with Gasteiger partial charge in [-0.3, -0.25) is 4.68 Å². The van der Waals surface area contributed by atoms with Gasteiger partial charge in [-0.2, -0.15) is 5.10 Å². The standard InChI is InChI=1S/C10H12N4S/c1-7-3-9(11)10(12-4-7)15-8-5-13-14(2)6-8/h3-6H,11H2,1-2H3. The van der Waals surface area contributed by atoms with E-state index in [1.807, 2.05) is 32.4 Å². The lowest BCUT2D eigenvalue weighted by atomic mass is 10.3. The minimum Gasteiger partial charge on any atom is -0.397 e. The molecule has 0 aromatic carbocycles. The topological polar surface area (TPSA) is 56.7 Å². The number of anilines is 1. The molecule has 0 saturated carbocycles. The molecule has 0 fully saturated rings. The zero-order valence-corrected chi connectivity index (χ0v) is 9.45. The summed E-state index contributed by atoms with van der Waals surface area (Å²) in [4.78, 5) is 5.33. The third-order valence-electron chi connectivity index (χ3n) is 1.91. The Labute approximate surface area is 92.5 Å². The maximum absolute atomic E-state index is 5.87. The summed E-state index contributed by atoms with van der Waals surface area (Å²) in [5, 5.41) is 4.91. The lowest BCUT2D eigenvalue weighted by Crippen LogP contribution is -1.92. The van der Waals surface area contributed by atoms with Gasteiger partial charge < -0.3 is 5.73 Å². The molecule has 2 rings (SSSR count). The number of rotatable bonds is 2. The van der Waals surface area contributed by atoms with Crippen LogP contribution >= 0.6 is 11.8 Å². The van der Waals surface area contributed by atoms with Crippen molar-refractivity contribution in [2.75, 3.05) is 5.73 Å². The quantitative estimate of drug-likeness (QED) is 0.839. The van der Waals surface area contributed by atoms with Gasteiger partial charge in [0.25, 0.3) is 0 Å². The van der Waals surface area contributed by atoms with Crippen LogP contribution in [0.2, 0.25) is 0 Å². The van der Waals surface area contributed by atoms with Crippen molar-refractivity contribution in [3.63, 3.8) is 0 Å². The van der Waals surface area contributed by atoms with E-state index in [0.717, 1.165) is 15.5 Å². The highest BCUT2D eigenvalue weighted by Gasteiger charge is 2.04. The van der Waals surface area contributed by atoms with Crippen LogP contribution in [0.1, 0.15) is 5.56 Å². The van der Waals surface area contributed by atoms with Gasteiger partial charge in [0, 0.05) is 19.4 Å². The van der Waals surface area contributed by atoms with Crippen LogP contribution in [-0.2, 0) is 7.05 Å². The average molecular weight is 220 g/mol. The summed E-state index contributed by atoms with van der Waals surface area (Å²) in [7, 11) is 1.88. The van der Waals surface area contributed by atoms with Crippen LogP contribution in [0.3, 0.4) is 0 Å². The Hall–Kier alpha value is -1.49. The van der Waals surface area contributed by atoms with Crippen LogP contribution in [-0.4, -0.2) is 14.8 Å². The Balaban J connectivity index is 2.24. The minimum atomic E-state index is 0.712. The number of nitrogens with zero attached hydrogens (tertiary/aromatic N) is 3. The van der Waals surface area contributed by atoms with Gasteiger partial charge >= 0.3 is 0 Å². The van der Waals surface area contributed by atoms with Gasteiger partial charge in [-0.15, -0.1) is 0 Å². The van der Waals surface area contributed by atoms with Crippen molar-refractivity contribution >= 4 is 17.4 Å². The molecule has 15 heavy (non-hydrogen) atoms. The third-order valence-corrected chi connectivity index (χ3v) is 2.89. The van der Waals surface area contributed by atoms with Gasteiger partial charge in [-0.05, 0) is 18.6 Å². The van der Waals surface area contributed by atoms with Gasteiger partial charge in [0.2, 0.25) is 0 Å². The molecule has 0 aliphatic carbocycles. The number of aryl methyl sites for hydroxylation is 2. The van der Waals surface area contributed by atoms with Crippen LogP contribution in [0.25, 0.3) is 0 Å². The second-order valence-electron chi connectivity index (χ2n) is 3.36. The largest absolute Gasteiger partial charge is 0.397 e. The highest BCUT2D eigenvalue weighted by molar-refractivity contribution is 7.99. The molecule has 4 nitrogen and oxygen atoms in total. The van der Waals surface area contributed by atoms with Crippen molar-refractivity contribution in [2.24, 2.45) is 7.05 Å². The summed E-state index contributed by atoms with van der Waals surface area (Å²) >= 11 is 1.52. The van der Waals surface area contributed by atoms with E-state index in [4.69, 9.17) is 5.73 Å². The van der Waals surface area contributed by atoms with Gasteiger partial charge in [0.05, 0.1) is 16.8 Å². The molecule has 5 heteroatoms. The fourth-order valence-corrected chi connectivity index (χ4v) is 2.04. The summed E-state index contributed by atoms with van der Waals surface area (Å²) in [5.74, 6) is 0. The molecule has 0 unspecified atom stereocenters. The Kier molecular flexibility index (Phi) is 2.64. The second kappa shape index (κ2) is 3.94. The van der Waals surface area contributed by atoms with Crippen LogP contribution in [0.5, 0.6) is 0 Å². The number of nitrogens with two attached hydrogens (primary N) is 1. The van der Waals surface area contributed by atoms with Crippen LogP contribution < -0.4 is 5.73 Å². The van der Waals surface area contributed by atoms with E-state index < -0.39 is 0 Å². The maximum atomic E-state index is 5.87. The summed E-state index contributed by atoms with van der Waals surface area (Å²) in [6, 6.07) is 1.92. The molecule has 0 saturated heterocycles. The van der Waals surface area contributed by atoms with E-state index in [1.54, 1.807) is 10.9 Å². The molecule has 0 radical (unpaired) electrons. The number of nitrogen functional groups attached to an aromatic ring is 1. The lowest BCUT2D eigenvalue weighted by Gasteiger charge is -2.02. The first kappa shape index (κ1) is 10.0. The number of pyridine rings is 1. The van der Waals surface area contributed by atoms with Crippen molar-refractivity contribution in [1.82, 2.24) is 14.8 Å². The van der Waals surface area contributed by atoms with Crippen LogP contribution in [0, 0.1) is 6.92 Å². The monoisotopic (exact) mass is 220 g/mol. The van der Waals surface area contributed by atoms with Gasteiger partial charge in [0.1, 0.15) is 5.03 Å². The van der Waals surface area contributed by atoms with Gasteiger partial charge in [-0.1, -0.05) is 11.8 Å². The predicted octanol–water partition coefficient (Wildman–Crippen LogP) is 1.86. The molecular formula is C10H12N4S. The number of aromatic nitrogens is 3. The Bertz CT molecular complexity index is 478. The van der Waals surface area contributed by atoms with Crippen molar-refractivity contribution in [3.05, 3.63) is 30.2 Å². The SMILES string of the molecule is Cc1cnc(Sc2cnn(C)c2)c(N)c1. The molecule has 0 amide bonds. The Morgan fingerprint density at radius 2 is 2.20 bits per heavy atom. The molecule has 0 aliphatic rings. The van der Waals surface area contributed by atoms with Gasteiger partial charge in [-0.25, -0.2) is 4.98 Å². The van der Waals surface area contributed by atoms with E-state index in [1.165, 1.54) is 11.8 Å². The normalized spacial score (nSPS) is 10.5. The first-order valence-electron chi connectivity index (χ1n) is 4.54.